The molecule has 0 aromatic heterocycles. The first-order valence-electron chi connectivity index (χ1n) is 3.95. The fourth-order valence-electron chi connectivity index (χ4n) is 1.20. The van der Waals surface area contributed by atoms with E-state index < -0.39 is 30.4 Å². The van der Waals surface area contributed by atoms with Gasteiger partial charge >= 0.3 is 0 Å². The third-order valence-electron chi connectivity index (χ3n) is 1.88. The van der Waals surface area contributed by atoms with Crippen molar-refractivity contribution >= 4 is 5.91 Å². The Balaban J connectivity index is 2.60. The van der Waals surface area contributed by atoms with Gasteiger partial charge in [0.15, 0.2) is 6.29 Å². The van der Waals surface area contributed by atoms with Gasteiger partial charge in [-0.25, -0.2) is 0 Å². The van der Waals surface area contributed by atoms with E-state index in [1.165, 1.54) is 6.92 Å². The Labute approximate surface area is 75.1 Å². The van der Waals surface area contributed by atoms with Crippen LogP contribution in [0, 0.1) is 0 Å². The van der Waals surface area contributed by atoms with Crippen LogP contribution in [0.25, 0.3) is 0 Å². The quantitative estimate of drug-likeness (QED) is 0.369. The minimum absolute atomic E-state index is 0.140. The molecule has 1 heterocycles. The largest absolute Gasteiger partial charge is 0.388 e. The number of amides is 1. The van der Waals surface area contributed by atoms with E-state index in [0.717, 1.165) is 0 Å². The number of nitrogens with one attached hydrogen (secondary N) is 1. The van der Waals surface area contributed by atoms with Crippen LogP contribution in [0.1, 0.15) is 6.92 Å². The molecule has 0 aromatic carbocycles. The van der Waals surface area contributed by atoms with Gasteiger partial charge in [-0.1, -0.05) is 0 Å². The second-order valence-corrected chi connectivity index (χ2v) is 3.01. The van der Waals surface area contributed by atoms with Gasteiger partial charge in [-0.05, 0) is 0 Å². The number of rotatable bonds is 1. The maximum Gasteiger partial charge on any atom is 0.217 e. The highest BCUT2D eigenvalue weighted by atomic mass is 16.6. The number of carbonyl (C=O) groups is 1. The first-order valence-corrected chi connectivity index (χ1v) is 3.95. The van der Waals surface area contributed by atoms with E-state index in [1.54, 1.807) is 0 Å². The molecule has 1 saturated heterocycles. The van der Waals surface area contributed by atoms with Gasteiger partial charge in [0.25, 0.3) is 0 Å². The van der Waals surface area contributed by atoms with Crippen LogP contribution in [-0.2, 0) is 9.53 Å². The van der Waals surface area contributed by atoms with Crippen LogP contribution in [0.4, 0.5) is 0 Å². The molecular weight excluding hydrogens is 178 g/mol. The third-order valence-corrected chi connectivity index (χ3v) is 1.88. The van der Waals surface area contributed by atoms with Crippen molar-refractivity contribution in [3.05, 3.63) is 0 Å². The fourth-order valence-corrected chi connectivity index (χ4v) is 1.20. The molecule has 76 valence electrons. The van der Waals surface area contributed by atoms with Crippen molar-refractivity contribution in [2.45, 2.75) is 31.5 Å². The van der Waals surface area contributed by atoms with Crippen molar-refractivity contribution in [2.75, 3.05) is 6.61 Å². The zero-order chi connectivity index (χ0) is 10.0. The van der Waals surface area contributed by atoms with Crippen LogP contribution in [0.5, 0.6) is 0 Å². The van der Waals surface area contributed by atoms with Crippen molar-refractivity contribution in [3.63, 3.8) is 0 Å². The highest BCUT2D eigenvalue weighted by Crippen LogP contribution is 2.13. The molecule has 0 unspecified atom stereocenters. The molecule has 0 saturated carbocycles. The summed E-state index contributed by atoms with van der Waals surface area (Å²) in [6.45, 7) is 1.11. The topological polar surface area (TPSA) is 99.0 Å². The smallest absolute Gasteiger partial charge is 0.217 e. The Hall–Kier alpha value is -0.690. The SMILES string of the molecule is CC(=O)N[C@H]1[C@H](O)[C@H](O)CO[C@@H]1O. The van der Waals surface area contributed by atoms with Gasteiger partial charge in [-0.2, -0.15) is 0 Å². The molecular formula is C7H13NO5. The van der Waals surface area contributed by atoms with E-state index in [9.17, 15) is 15.0 Å². The van der Waals surface area contributed by atoms with Crippen LogP contribution in [0.15, 0.2) is 0 Å². The van der Waals surface area contributed by atoms with Crippen LogP contribution in [-0.4, -0.2) is 52.4 Å². The Kier molecular flexibility index (Phi) is 3.21. The van der Waals surface area contributed by atoms with Gasteiger partial charge in [0, 0.05) is 6.92 Å². The molecule has 6 heteroatoms. The zero-order valence-corrected chi connectivity index (χ0v) is 7.17. The molecule has 0 aliphatic carbocycles. The number of ether oxygens (including phenoxy) is 1. The summed E-state index contributed by atoms with van der Waals surface area (Å²) in [6, 6.07) is -0.971. The van der Waals surface area contributed by atoms with E-state index in [2.05, 4.69) is 5.32 Å². The van der Waals surface area contributed by atoms with E-state index >= 15 is 0 Å². The van der Waals surface area contributed by atoms with Crippen molar-refractivity contribution in [2.24, 2.45) is 0 Å². The number of carbonyl (C=O) groups excluding carboxylic acids is 1. The van der Waals surface area contributed by atoms with Gasteiger partial charge < -0.3 is 25.4 Å². The highest BCUT2D eigenvalue weighted by Gasteiger charge is 2.38. The molecule has 0 aromatic rings. The summed E-state index contributed by atoms with van der Waals surface area (Å²) in [6.07, 6.45) is -3.56. The summed E-state index contributed by atoms with van der Waals surface area (Å²) in [7, 11) is 0. The molecule has 1 aliphatic heterocycles. The summed E-state index contributed by atoms with van der Waals surface area (Å²) in [5, 5.41) is 30.0. The Morgan fingerprint density at radius 2 is 2.08 bits per heavy atom. The van der Waals surface area contributed by atoms with E-state index in [0.29, 0.717) is 0 Å². The second-order valence-electron chi connectivity index (χ2n) is 3.01. The van der Waals surface area contributed by atoms with Gasteiger partial charge in [0.1, 0.15) is 18.2 Å². The molecule has 1 amide bonds. The molecule has 0 bridgehead atoms. The van der Waals surface area contributed by atoms with Crippen molar-refractivity contribution < 1.29 is 24.9 Å². The van der Waals surface area contributed by atoms with Crippen molar-refractivity contribution in [1.82, 2.24) is 5.32 Å². The van der Waals surface area contributed by atoms with E-state index in [-0.39, 0.29) is 6.61 Å². The Morgan fingerprint density at radius 3 is 2.62 bits per heavy atom. The Bertz CT molecular complexity index is 197. The van der Waals surface area contributed by atoms with E-state index in [4.69, 9.17) is 9.84 Å². The summed E-state index contributed by atoms with van der Waals surface area (Å²) in [5.74, 6) is -0.402. The van der Waals surface area contributed by atoms with Crippen LogP contribution in [0.2, 0.25) is 0 Å². The van der Waals surface area contributed by atoms with Crippen LogP contribution >= 0.6 is 0 Å². The number of aliphatic hydroxyl groups excluding tert-OH is 3. The molecule has 4 N–H and O–H groups in total. The van der Waals surface area contributed by atoms with Crippen LogP contribution in [0.3, 0.4) is 0 Å². The van der Waals surface area contributed by atoms with E-state index in [1.807, 2.05) is 0 Å². The lowest BCUT2D eigenvalue weighted by atomic mass is 10.0. The summed E-state index contributed by atoms with van der Waals surface area (Å²) in [4.78, 5) is 10.6. The molecule has 1 aliphatic rings. The standard InChI is InChI=1S/C7H13NO5/c1-3(9)8-5-6(11)4(10)2-13-7(5)12/h4-7,10-12H,2H2,1H3,(H,8,9)/t4-,5+,6-,7+/m1/s1. The van der Waals surface area contributed by atoms with Gasteiger partial charge in [0.05, 0.1) is 6.61 Å². The maximum atomic E-state index is 10.6. The lowest BCUT2D eigenvalue weighted by molar-refractivity contribution is -0.212. The zero-order valence-electron chi connectivity index (χ0n) is 7.17. The average Bonchev–Trinajstić information content (AvgIpc) is 2.05. The predicted octanol–water partition coefficient (Wildman–Crippen LogP) is -2.44. The molecule has 6 nitrogen and oxygen atoms in total. The number of hydrogen-bond acceptors (Lipinski definition) is 5. The molecule has 0 spiro atoms. The first kappa shape index (κ1) is 10.4. The third kappa shape index (κ3) is 2.38. The fraction of sp³-hybridized carbons (Fsp3) is 0.857. The van der Waals surface area contributed by atoms with Gasteiger partial charge in [-0.3, -0.25) is 4.79 Å². The van der Waals surface area contributed by atoms with Gasteiger partial charge in [-0.15, -0.1) is 0 Å². The first-order chi connectivity index (χ1) is 6.02. The molecule has 4 atom stereocenters. The summed E-state index contributed by atoms with van der Waals surface area (Å²) in [5.41, 5.74) is 0. The molecule has 1 fully saturated rings. The molecule has 1 rings (SSSR count). The highest BCUT2D eigenvalue weighted by molar-refractivity contribution is 5.73. The monoisotopic (exact) mass is 191 g/mol. The summed E-state index contributed by atoms with van der Waals surface area (Å²) >= 11 is 0. The van der Waals surface area contributed by atoms with Crippen molar-refractivity contribution in [1.29, 1.82) is 0 Å². The molecule has 0 radical (unpaired) electrons. The minimum Gasteiger partial charge on any atom is -0.388 e. The predicted molar refractivity (Wildman–Crippen MR) is 41.6 cm³/mol. The average molecular weight is 191 g/mol. The maximum absolute atomic E-state index is 10.6. The normalized spacial score (nSPS) is 40.0. The summed E-state index contributed by atoms with van der Waals surface area (Å²) < 4.78 is 4.70. The minimum atomic E-state index is -1.28. The molecule has 13 heavy (non-hydrogen) atoms. The Morgan fingerprint density at radius 1 is 1.46 bits per heavy atom. The lowest BCUT2D eigenvalue weighted by Crippen LogP contribution is -2.60. The van der Waals surface area contributed by atoms with Crippen molar-refractivity contribution in [3.8, 4) is 0 Å². The lowest BCUT2D eigenvalue weighted by Gasteiger charge is -2.35. The number of hydrogen-bond donors (Lipinski definition) is 4. The second kappa shape index (κ2) is 4.01. The van der Waals surface area contributed by atoms with Gasteiger partial charge in [0.2, 0.25) is 5.91 Å². The number of aliphatic hydroxyl groups is 3. The van der Waals surface area contributed by atoms with Crippen LogP contribution < -0.4 is 5.32 Å².